The molecule has 0 saturated carbocycles. The molecule has 14 heavy (non-hydrogen) atoms. The van der Waals surface area contributed by atoms with E-state index in [9.17, 15) is 4.79 Å². The van der Waals surface area contributed by atoms with E-state index in [2.05, 4.69) is 4.99 Å². The van der Waals surface area contributed by atoms with Gasteiger partial charge in [0.2, 0.25) is 0 Å². The summed E-state index contributed by atoms with van der Waals surface area (Å²) in [5.74, 6) is -0.311. The number of rotatable bonds is 2. The van der Waals surface area contributed by atoms with Gasteiger partial charge in [0.05, 0.1) is 5.69 Å². The maximum atomic E-state index is 10.7. The van der Waals surface area contributed by atoms with Crippen LogP contribution in [0, 0.1) is 0 Å². The molecule has 0 spiro atoms. The smallest absolute Gasteiger partial charge is 0.331 e. The van der Waals surface area contributed by atoms with Crippen molar-refractivity contribution >= 4 is 17.9 Å². The Bertz CT molecular complexity index is 382. The molecule has 0 N–H and O–H groups in total. The highest BCUT2D eigenvalue weighted by Gasteiger charge is 2.13. The Morgan fingerprint density at radius 1 is 1.29 bits per heavy atom. The maximum absolute atomic E-state index is 10.7. The van der Waals surface area contributed by atoms with Gasteiger partial charge in [-0.25, -0.2) is 4.79 Å². The average molecular weight is 187 g/mol. The van der Waals surface area contributed by atoms with Crippen LogP contribution in [0.4, 0.5) is 5.69 Å². The molecule has 3 nitrogen and oxygen atoms in total. The van der Waals surface area contributed by atoms with Gasteiger partial charge in [0.15, 0.2) is 6.10 Å². The van der Waals surface area contributed by atoms with Crippen LogP contribution in [0.25, 0.3) is 0 Å². The van der Waals surface area contributed by atoms with Crippen molar-refractivity contribution in [2.75, 3.05) is 0 Å². The molecule has 0 aliphatic carbocycles. The van der Waals surface area contributed by atoms with Gasteiger partial charge in [0.25, 0.3) is 0 Å². The summed E-state index contributed by atoms with van der Waals surface area (Å²) in [5, 5.41) is 0. The van der Waals surface area contributed by atoms with Crippen LogP contribution in [0.5, 0.6) is 0 Å². The molecule has 0 saturated heterocycles. The van der Waals surface area contributed by atoms with Gasteiger partial charge in [0.1, 0.15) is 0 Å². The molecule has 1 aliphatic heterocycles. The second-order valence-corrected chi connectivity index (χ2v) is 2.87. The normalized spacial score (nSPS) is 20.3. The number of para-hydroxylation sites is 1. The minimum Gasteiger partial charge on any atom is -0.449 e. The molecule has 0 radical (unpaired) electrons. The number of carbonyl (C=O) groups excluding carboxylic acids is 1. The number of hydrogen-bond donors (Lipinski definition) is 0. The molecule has 1 aromatic carbocycles. The molecule has 1 atom stereocenters. The van der Waals surface area contributed by atoms with Crippen molar-refractivity contribution in [2.45, 2.75) is 6.10 Å². The lowest BCUT2D eigenvalue weighted by molar-refractivity contribution is -0.136. The predicted octanol–water partition coefficient (Wildman–Crippen LogP) is 1.87. The molecule has 2 rings (SSSR count). The van der Waals surface area contributed by atoms with Crippen LogP contribution in [-0.2, 0) is 9.53 Å². The third kappa shape index (κ3) is 2.07. The Balaban J connectivity index is 2.02. The van der Waals surface area contributed by atoms with Crippen molar-refractivity contribution in [3.63, 3.8) is 0 Å². The Hall–Kier alpha value is -1.90. The standard InChI is InChI=1S/C11H9NO2/c13-11-7-6-10(14-11)8-12-9-4-2-1-3-5-9/h1-8,10H. The highest BCUT2D eigenvalue weighted by Crippen LogP contribution is 2.10. The number of ether oxygens (including phenoxy) is 1. The maximum Gasteiger partial charge on any atom is 0.331 e. The van der Waals surface area contributed by atoms with Gasteiger partial charge in [-0.3, -0.25) is 4.99 Å². The number of esters is 1. The fourth-order valence-corrected chi connectivity index (χ4v) is 1.14. The van der Waals surface area contributed by atoms with Crippen molar-refractivity contribution in [1.82, 2.24) is 0 Å². The molecule has 1 heterocycles. The van der Waals surface area contributed by atoms with Crippen LogP contribution in [0.1, 0.15) is 0 Å². The first-order valence-electron chi connectivity index (χ1n) is 4.33. The van der Waals surface area contributed by atoms with Gasteiger partial charge in [-0.15, -0.1) is 0 Å². The lowest BCUT2D eigenvalue weighted by Gasteiger charge is -1.99. The van der Waals surface area contributed by atoms with Crippen LogP contribution in [0.2, 0.25) is 0 Å². The zero-order valence-corrected chi connectivity index (χ0v) is 7.46. The van der Waals surface area contributed by atoms with E-state index >= 15 is 0 Å². The second-order valence-electron chi connectivity index (χ2n) is 2.87. The van der Waals surface area contributed by atoms with Gasteiger partial charge in [-0.1, -0.05) is 18.2 Å². The Morgan fingerprint density at radius 3 is 2.71 bits per heavy atom. The summed E-state index contributed by atoms with van der Waals surface area (Å²) < 4.78 is 4.88. The Morgan fingerprint density at radius 2 is 2.07 bits per heavy atom. The van der Waals surface area contributed by atoms with Crippen molar-refractivity contribution < 1.29 is 9.53 Å². The lowest BCUT2D eigenvalue weighted by Crippen LogP contribution is -2.08. The molecule has 70 valence electrons. The van der Waals surface area contributed by atoms with E-state index < -0.39 is 0 Å². The molecule has 0 bridgehead atoms. The Labute approximate surface area is 81.7 Å². The number of carbonyl (C=O) groups is 1. The fourth-order valence-electron chi connectivity index (χ4n) is 1.14. The monoisotopic (exact) mass is 187 g/mol. The minimum absolute atomic E-state index is 0.311. The van der Waals surface area contributed by atoms with Crippen LogP contribution >= 0.6 is 0 Å². The van der Waals surface area contributed by atoms with Crippen LogP contribution in [-0.4, -0.2) is 18.3 Å². The van der Waals surface area contributed by atoms with E-state index in [0.717, 1.165) is 5.69 Å². The second kappa shape index (κ2) is 3.87. The summed E-state index contributed by atoms with van der Waals surface area (Å²) in [4.78, 5) is 14.9. The molecule has 3 heteroatoms. The van der Waals surface area contributed by atoms with E-state index in [1.165, 1.54) is 6.08 Å². The molecule has 1 aromatic rings. The van der Waals surface area contributed by atoms with Crippen LogP contribution in [0.3, 0.4) is 0 Å². The zero-order valence-electron chi connectivity index (χ0n) is 7.46. The fraction of sp³-hybridized carbons (Fsp3) is 0.0909. The number of cyclic esters (lactones) is 1. The van der Waals surface area contributed by atoms with E-state index in [-0.39, 0.29) is 12.1 Å². The first-order valence-corrected chi connectivity index (χ1v) is 4.33. The third-order valence-electron chi connectivity index (χ3n) is 1.80. The molecule has 0 aromatic heterocycles. The van der Waals surface area contributed by atoms with Crippen molar-refractivity contribution in [1.29, 1.82) is 0 Å². The largest absolute Gasteiger partial charge is 0.449 e. The van der Waals surface area contributed by atoms with Crippen molar-refractivity contribution in [2.24, 2.45) is 4.99 Å². The molecule has 1 unspecified atom stereocenters. The quantitative estimate of drug-likeness (QED) is 0.523. The third-order valence-corrected chi connectivity index (χ3v) is 1.80. The van der Waals surface area contributed by atoms with Crippen LogP contribution < -0.4 is 0 Å². The summed E-state index contributed by atoms with van der Waals surface area (Å²) in [6, 6.07) is 9.51. The summed E-state index contributed by atoms with van der Waals surface area (Å²) in [5.41, 5.74) is 0.851. The van der Waals surface area contributed by atoms with E-state index in [4.69, 9.17) is 4.74 Å². The van der Waals surface area contributed by atoms with E-state index in [1.807, 2.05) is 30.3 Å². The molecule has 0 amide bonds. The molecular weight excluding hydrogens is 178 g/mol. The minimum atomic E-state index is -0.317. The number of hydrogen-bond acceptors (Lipinski definition) is 3. The van der Waals surface area contributed by atoms with Crippen molar-refractivity contribution in [3.05, 3.63) is 42.5 Å². The first kappa shape index (κ1) is 8.69. The predicted molar refractivity (Wildman–Crippen MR) is 53.6 cm³/mol. The van der Waals surface area contributed by atoms with Gasteiger partial charge < -0.3 is 4.74 Å². The van der Waals surface area contributed by atoms with E-state index in [1.54, 1.807) is 12.3 Å². The number of nitrogens with zero attached hydrogens (tertiary/aromatic N) is 1. The zero-order chi connectivity index (χ0) is 9.80. The molecule has 1 aliphatic rings. The highest BCUT2D eigenvalue weighted by molar-refractivity contribution is 5.89. The van der Waals surface area contributed by atoms with Crippen molar-refractivity contribution in [3.8, 4) is 0 Å². The SMILES string of the molecule is O=C1C=CC(C=Nc2ccccc2)O1. The summed E-state index contributed by atoms with van der Waals surface area (Å²) in [6.45, 7) is 0. The molecular formula is C11H9NO2. The van der Waals surface area contributed by atoms with Crippen LogP contribution in [0.15, 0.2) is 47.5 Å². The number of aliphatic imine (C=N–C) groups is 1. The Kier molecular flexibility index (Phi) is 2.40. The van der Waals surface area contributed by atoms with Gasteiger partial charge in [-0.05, 0) is 18.2 Å². The van der Waals surface area contributed by atoms with Gasteiger partial charge in [-0.2, -0.15) is 0 Å². The molecule has 0 fully saturated rings. The topological polar surface area (TPSA) is 38.7 Å². The summed E-state index contributed by atoms with van der Waals surface area (Å²) in [6.07, 6.45) is 4.37. The average Bonchev–Trinajstić information content (AvgIpc) is 2.63. The van der Waals surface area contributed by atoms with E-state index in [0.29, 0.717) is 0 Å². The summed E-state index contributed by atoms with van der Waals surface area (Å²) >= 11 is 0. The summed E-state index contributed by atoms with van der Waals surface area (Å²) in [7, 11) is 0. The highest BCUT2D eigenvalue weighted by atomic mass is 16.5. The van der Waals surface area contributed by atoms with Gasteiger partial charge in [0, 0.05) is 12.3 Å². The van der Waals surface area contributed by atoms with Gasteiger partial charge >= 0.3 is 5.97 Å². The number of benzene rings is 1. The first-order chi connectivity index (χ1) is 6.84. The lowest BCUT2D eigenvalue weighted by atomic mass is 10.3.